The molecule has 0 aliphatic heterocycles. The molecule has 0 unspecified atom stereocenters. The smallest absolute Gasteiger partial charge is 0.244 e. The third kappa shape index (κ3) is 4.92. The van der Waals surface area contributed by atoms with Crippen molar-refractivity contribution in [2.45, 2.75) is 52.4 Å². The number of rotatable bonds is 8. The lowest BCUT2D eigenvalue weighted by Gasteiger charge is -2.11. The van der Waals surface area contributed by atoms with E-state index >= 15 is 0 Å². The third-order valence-electron chi connectivity index (χ3n) is 4.00. The van der Waals surface area contributed by atoms with E-state index in [1.54, 1.807) is 12.1 Å². The number of nitrogens with zero attached hydrogens (tertiary/aromatic N) is 2. The number of para-hydroxylation sites is 1. The summed E-state index contributed by atoms with van der Waals surface area (Å²) in [5.74, 6) is 0. The van der Waals surface area contributed by atoms with Crippen LogP contribution in [0.1, 0.15) is 50.7 Å². The molecule has 0 amide bonds. The van der Waals surface area contributed by atoms with Crippen LogP contribution in [0.2, 0.25) is 0 Å². The Morgan fingerprint density at radius 3 is 2.26 bits per heavy atom. The van der Waals surface area contributed by atoms with Crippen LogP contribution in [0.5, 0.6) is 0 Å². The Morgan fingerprint density at radius 1 is 0.870 bits per heavy atom. The minimum Gasteiger partial charge on any atom is -0.594 e. The van der Waals surface area contributed by atoms with E-state index in [-0.39, 0.29) is 0 Å². The van der Waals surface area contributed by atoms with Crippen LogP contribution < -0.4 is 0 Å². The summed E-state index contributed by atoms with van der Waals surface area (Å²) in [6, 6.07) is 15.3. The van der Waals surface area contributed by atoms with Crippen LogP contribution in [0.3, 0.4) is 0 Å². The van der Waals surface area contributed by atoms with Gasteiger partial charge in [0.25, 0.3) is 0 Å². The molecule has 2 rings (SSSR count). The SMILES string of the molecule is CCCCc1cccc(N=[N+]([O-])c2ccccc2)c1CCCC. The lowest BCUT2D eigenvalue weighted by atomic mass is 9.96. The average Bonchev–Trinajstić information content (AvgIpc) is 2.59. The third-order valence-corrected chi connectivity index (χ3v) is 4.00. The van der Waals surface area contributed by atoms with Crippen LogP contribution in [0.25, 0.3) is 0 Å². The monoisotopic (exact) mass is 310 g/mol. The molecule has 3 nitrogen and oxygen atoms in total. The molecule has 0 radical (unpaired) electrons. The van der Waals surface area contributed by atoms with Gasteiger partial charge in [0, 0.05) is 17.2 Å². The van der Waals surface area contributed by atoms with Gasteiger partial charge in [0.05, 0.1) is 0 Å². The maximum atomic E-state index is 12.3. The van der Waals surface area contributed by atoms with Gasteiger partial charge in [0.2, 0.25) is 5.69 Å². The minimum absolute atomic E-state index is 0.563. The fraction of sp³-hybridized carbons (Fsp3) is 0.400. The van der Waals surface area contributed by atoms with Gasteiger partial charge >= 0.3 is 0 Å². The first kappa shape index (κ1) is 17.2. The minimum atomic E-state index is 0.563. The number of aryl methyl sites for hydroxylation is 1. The van der Waals surface area contributed by atoms with Gasteiger partial charge in [-0.2, -0.15) is 0 Å². The molecule has 0 atom stereocenters. The molecule has 0 spiro atoms. The van der Waals surface area contributed by atoms with E-state index in [1.807, 2.05) is 30.3 Å². The Balaban J connectivity index is 2.36. The molecule has 0 fully saturated rings. The highest BCUT2D eigenvalue weighted by molar-refractivity contribution is 5.50. The molecule has 0 heterocycles. The molecule has 0 saturated heterocycles. The van der Waals surface area contributed by atoms with Crippen LogP contribution in [0.4, 0.5) is 11.4 Å². The normalized spacial score (nSPS) is 11.7. The van der Waals surface area contributed by atoms with Gasteiger partial charge in [0.15, 0.2) is 0 Å². The fourth-order valence-electron chi connectivity index (χ4n) is 2.67. The zero-order valence-corrected chi connectivity index (χ0v) is 14.2. The van der Waals surface area contributed by atoms with E-state index in [9.17, 15) is 5.21 Å². The van der Waals surface area contributed by atoms with Gasteiger partial charge in [-0.3, -0.25) is 0 Å². The topological polar surface area (TPSA) is 38.4 Å². The highest BCUT2D eigenvalue weighted by atomic mass is 16.5. The number of hydrogen-bond donors (Lipinski definition) is 0. The van der Waals surface area contributed by atoms with Crippen molar-refractivity contribution in [3.8, 4) is 0 Å². The van der Waals surface area contributed by atoms with Crippen molar-refractivity contribution in [1.29, 1.82) is 0 Å². The number of azo groups is 1. The second-order valence-corrected chi connectivity index (χ2v) is 5.83. The molecule has 0 bridgehead atoms. The summed E-state index contributed by atoms with van der Waals surface area (Å²) in [7, 11) is 0. The van der Waals surface area contributed by atoms with E-state index in [2.05, 4.69) is 25.0 Å². The maximum Gasteiger partial charge on any atom is 0.244 e. The van der Waals surface area contributed by atoms with Crippen LogP contribution in [0.15, 0.2) is 53.6 Å². The highest BCUT2D eigenvalue weighted by Crippen LogP contribution is 2.27. The first-order valence-corrected chi connectivity index (χ1v) is 8.61. The van der Waals surface area contributed by atoms with Crippen molar-refractivity contribution >= 4 is 11.4 Å². The number of hydrogen-bond acceptors (Lipinski definition) is 2. The molecule has 0 N–H and O–H groups in total. The summed E-state index contributed by atoms with van der Waals surface area (Å²) in [6.45, 7) is 4.39. The molecule has 0 aromatic heterocycles. The van der Waals surface area contributed by atoms with E-state index in [0.717, 1.165) is 36.2 Å². The first-order chi connectivity index (χ1) is 11.3. The summed E-state index contributed by atoms with van der Waals surface area (Å²) < 4.78 is 0. The van der Waals surface area contributed by atoms with Crippen molar-refractivity contribution in [1.82, 2.24) is 0 Å². The standard InChI is InChI=1S/C20H26N2O/c1-3-5-11-17-12-10-16-20(19(17)15-6-4-2)21-22(23)18-13-8-7-9-14-18/h7-10,12-14,16H,3-6,11,15H2,1-2H3. The molecule has 23 heavy (non-hydrogen) atoms. The quantitative estimate of drug-likeness (QED) is 0.320. The van der Waals surface area contributed by atoms with Gasteiger partial charge in [-0.15, -0.1) is 0 Å². The summed E-state index contributed by atoms with van der Waals surface area (Å²) in [4.78, 5) is 0.731. The fourth-order valence-corrected chi connectivity index (χ4v) is 2.67. The Hall–Kier alpha value is -2.16. The molecule has 0 aliphatic carbocycles. The average molecular weight is 310 g/mol. The summed E-state index contributed by atoms with van der Waals surface area (Å²) in [5, 5.41) is 16.6. The number of benzene rings is 2. The summed E-state index contributed by atoms with van der Waals surface area (Å²) in [6.07, 6.45) is 6.65. The molecule has 2 aromatic rings. The Morgan fingerprint density at radius 2 is 1.57 bits per heavy atom. The zero-order chi connectivity index (χ0) is 16.5. The van der Waals surface area contributed by atoms with Crippen molar-refractivity contribution in [3.05, 3.63) is 64.9 Å². The maximum absolute atomic E-state index is 12.3. The van der Waals surface area contributed by atoms with E-state index in [0.29, 0.717) is 5.69 Å². The molecule has 122 valence electrons. The van der Waals surface area contributed by atoms with Crippen LogP contribution in [-0.4, -0.2) is 4.86 Å². The van der Waals surface area contributed by atoms with E-state index < -0.39 is 0 Å². The zero-order valence-electron chi connectivity index (χ0n) is 14.2. The van der Waals surface area contributed by atoms with Crippen LogP contribution in [-0.2, 0) is 12.8 Å². The van der Waals surface area contributed by atoms with Gasteiger partial charge in [-0.1, -0.05) is 61.9 Å². The lowest BCUT2D eigenvalue weighted by Crippen LogP contribution is -1.97. The lowest BCUT2D eigenvalue weighted by molar-refractivity contribution is -0.435. The molecule has 3 heteroatoms. The largest absolute Gasteiger partial charge is 0.594 e. The van der Waals surface area contributed by atoms with E-state index in [4.69, 9.17) is 0 Å². The second-order valence-electron chi connectivity index (χ2n) is 5.83. The predicted octanol–water partition coefficient (Wildman–Crippen LogP) is 6.30. The van der Waals surface area contributed by atoms with Crippen molar-refractivity contribution in [2.75, 3.05) is 0 Å². The Labute approximate surface area is 139 Å². The van der Waals surface area contributed by atoms with Crippen molar-refractivity contribution in [3.63, 3.8) is 0 Å². The van der Waals surface area contributed by atoms with Crippen molar-refractivity contribution < 1.29 is 4.86 Å². The second kappa shape index (κ2) is 9.09. The van der Waals surface area contributed by atoms with Gasteiger partial charge in [0.1, 0.15) is 5.69 Å². The number of unbranched alkanes of at least 4 members (excludes halogenated alkanes) is 2. The molecule has 0 aliphatic rings. The predicted molar refractivity (Wildman–Crippen MR) is 95.5 cm³/mol. The summed E-state index contributed by atoms with van der Waals surface area (Å²) in [5.41, 5.74) is 3.95. The molecular weight excluding hydrogens is 284 g/mol. The Kier molecular flexibility index (Phi) is 6.79. The van der Waals surface area contributed by atoms with Gasteiger partial charge in [-0.05, 0) is 42.9 Å². The molecule has 0 saturated carbocycles. The van der Waals surface area contributed by atoms with E-state index in [1.165, 1.54) is 24.0 Å². The highest BCUT2D eigenvalue weighted by Gasteiger charge is 2.11. The summed E-state index contributed by atoms with van der Waals surface area (Å²) >= 11 is 0. The molecular formula is C20H26N2O. The van der Waals surface area contributed by atoms with Gasteiger partial charge < -0.3 is 5.21 Å². The van der Waals surface area contributed by atoms with Crippen LogP contribution >= 0.6 is 0 Å². The molecule has 2 aromatic carbocycles. The Bertz CT molecular complexity index is 635. The van der Waals surface area contributed by atoms with Crippen LogP contribution in [0, 0.1) is 5.21 Å². The first-order valence-electron chi connectivity index (χ1n) is 8.61. The van der Waals surface area contributed by atoms with Crippen molar-refractivity contribution in [2.24, 2.45) is 5.11 Å². The van der Waals surface area contributed by atoms with Gasteiger partial charge in [-0.25, -0.2) is 0 Å².